The molecule has 0 bridgehead atoms. The molecule has 1 aliphatic heterocycles. The topological polar surface area (TPSA) is 68.2 Å². The van der Waals surface area contributed by atoms with Crippen molar-refractivity contribution in [1.82, 2.24) is 4.90 Å². The van der Waals surface area contributed by atoms with Crippen molar-refractivity contribution in [3.63, 3.8) is 0 Å². The molecule has 2 rings (SSSR count). The number of ether oxygens (including phenoxy) is 1. The molecule has 0 fully saturated rings. The Bertz CT molecular complexity index is 933. The van der Waals surface area contributed by atoms with Crippen molar-refractivity contribution in [2.45, 2.75) is 66.4 Å². The summed E-state index contributed by atoms with van der Waals surface area (Å²) in [5.41, 5.74) is 3.36. The van der Waals surface area contributed by atoms with Gasteiger partial charge in [0.1, 0.15) is 6.10 Å². The minimum Gasteiger partial charge on any atom is -0.459 e. The quantitative estimate of drug-likeness (QED) is 0.317. The number of hydrogen-bond acceptors (Lipinski definition) is 5. The number of aryl methyl sites for hydroxylation is 2. The lowest BCUT2D eigenvalue weighted by Crippen LogP contribution is -2.33. The van der Waals surface area contributed by atoms with E-state index in [4.69, 9.17) is 21.2 Å². The molecule has 0 aliphatic carbocycles. The summed E-state index contributed by atoms with van der Waals surface area (Å²) in [5, 5.41) is 4.74. The smallest absolute Gasteiger partial charge is 0.339 e. The van der Waals surface area contributed by atoms with Crippen molar-refractivity contribution in [1.29, 1.82) is 0 Å². The van der Waals surface area contributed by atoms with Gasteiger partial charge in [0.2, 0.25) is 0 Å². The summed E-state index contributed by atoms with van der Waals surface area (Å²) in [5.74, 6) is -0.523. The molecular weight excluding hydrogens is 440 g/mol. The van der Waals surface area contributed by atoms with Crippen LogP contribution in [0.25, 0.3) is 0 Å². The van der Waals surface area contributed by atoms with E-state index < -0.39 is 5.97 Å². The molecule has 6 nitrogen and oxygen atoms in total. The van der Waals surface area contributed by atoms with Gasteiger partial charge in [0.05, 0.1) is 11.3 Å². The molecule has 0 aromatic heterocycles. The van der Waals surface area contributed by atoms with Gasteiger partial charge in [-0.1, -0.05) is 41.1 Å². The monoisotopic (exact) mass is 474 g/mol. The largest absolute Gasteiger partial charge is 0.459 e. The van der Waals surface area contributed by atoms with Gasteiger partial charge in [0, 0.05) is 31.0 Å². The van der Waals surface area contributed by atoms with Crippen molar-refractivity contribution in [3.8, 4) is 0 Å². The van der Waals surface area contributed by atoms with Gasteiger partial charge in [0.25, 0.3) is 5.91 Å². The van der Waals surface area contributed by atoms with Gasteiger partial charge in [-0.05, 0) is 70.2 Å². The number of oxime groups is 1. The minimum absolute atomic E-state index is 0.123. The number of halogens is 1. The standard InChI is InChI=1S/C26H35ClN2O4/c1-6-29(7-2)23(30)17-32-28-21-14-12-10-8-9-11-13-20(5)33-26(31)24-18(3)15-19(4)25(27)22(24)16-21/h9,11-12,14-15,20H,6-8,10,13,16-17H2,1-5H3/b11-9+,14-12+,28-21+/t20-/m1/s1. The molecule has 1 aliphatic rings. The first kappa shape index (κ1) is 26.7. The fraction of sp³-hybridized carbons (Fsp3) is 0.500. The van der Waals surface area contributed by atoms with Crippen LogP contribution in [0.3, 0.4) is 0 Å². The highest BCUT2D eigenvalue weighted by Gasteiger charge is 2.23. The van der Waals surface area contributed by atoms with Gasteiger partial charge < -0.3 is 14.5 Å². The highest BCUT2D eigenvalue weighted by Crippen LogP contribution is 2.29. The van der Waals surface area contributed by atoms with Crippen LogP contribution in [-0.2, 0) is 20.8 Å². The van der Waals surface area contributed by atoms with Crippen molar-refractivity contribution in [2.75, 3.05) is 19.7 Å². The Kier molecular flexibility index (Phi) is 10.7. The SMILES string of the molecule is CCN(CC)C(=O)CO/N=C1\C=C\CC/C=C/C[C@@H](C)OC(=O)c2c(C)cc(C)c(Cl)c2C1. The summed E-state index contributed by atoms with van der Waals surface area (Å²) < 4.78 is 5.71. The number of allylic oxidation sites excluding steroid dienone is 3. The predicted octanol–water partition coefficient (Wildman–Crippen LogP) is 5.58. The predicted molar refractivity (Wildman–Crippen MR) is 133 cm³/mol. The molecule has 1 aromatic carbocycles. The van der Waals surface area contributed by atoms with E-state index in [0.717, 1.165) is 24.0 Å². The van der Waals surface area contributed by atoms with E-state index in [-0.39, 0.29) is 25.0 Å². The molecule has 180 valence electrons. The molecule has 1 atom stereocenters. The number of hydrogen-bond donors (Lipinski definition) is 0. The van der Waals surface area contributed by atoms with Crippen LogP contribution in [0.5, 0.6) is 0 Å². The summed E-state index contributed by atoms with van der Waals surface area (Å²) in [6, 6.07) is 1.89. The van der Waals surface area contributed by atoms with E-state index in [9.17, 15) is 9.59 Å². The van der Waals surface area contributed by atoms with Crippen LogP contribution >= 0.6 is 11.6 Å². The molecule has 1 aromatic rings. The molecular formula is C26H35ClN2O4. The van der Waals surface area contributed by atoms with Crippen LogP contribution in [0.4, 0.5) is 0 Å². The summed E-state index contributed by atoms with van der Waals surface area (Å²) in [6.45, 7) is 10.6. The van der Waals surface area contributed by atoms with Gasteiger partial charge in [-0.15, -0.1) is 0 Å². The number of rotatable bonds is 5. The Morgan fingerprint density at radius 1 is 1.18 bits per heavy atom. The van der Waals surface area contributed by atoms with Crippen LogP contribution in [0.1, 0.15) is 67.1 Å². The third kappa shape index (κ3) is 7.74. The summed E-state index contributed by atoms with van der Waals surface area (Å²) in [6.07, 6.45) is 10.4. The molecule has 0 spiro atoms. The Balaban J connectivity index is 2.42. The number of amides is 1. The fourth-order valence-corrected chi connectivity index (χ4v) is 3.96. The number of cyclic esters (lactones) is 1. The minimum atomic E-state index is -0.400. The highest BCUT2D eigenvalue weighted by atomic mass is 35.5. The average molecular weight is 475 g/mol. The first-order valence-electron chi connectivity index (χ1n) is 11.6. The van der Waals surface area contributed by atoms with E-state index >= 15 is 0 Å². The Labute approximate surface area is 202 Å². The average Bonchev–Trinajstić information content (AvgIpc) is 2.76. The maximum atomic E-state index is 13.1. The number of likely N-dealkylation sites (N-methyl/N-ethyl adjacent to an activating group) is 1. The Morgan fingerprint density at radius 2 is 1.88 bits per heavy atom. The second-order valence-corrected chi connectivity index (χ2v) is 8.56. The molecule has 1 amide bonds. The number of esters is 1. The molecule has 0 saturated carbocycles. The van der Waals surface area contributed by atoms with Crippen molar-refractivity contribution in [3.05, 3.63) is 57.6 Å². The lowest BCUT2D eigenvalue weighted by Gasteiger charge is -2.19. The second kappa shape index (κ2) is 13.2. The normalized spacial score (nSPS) is 20.4. The first-order chi connectivity index (χ1) is 15.8. The van der Waals surface area contributed by atoms with Crippen molar-refractivity contribution >= 4 is 29.2 Å². The highest BCUT2D eigenvalue weighted by molar-refractivity contribution is 6.33. The molecule has 7 heteroatoms. The Hall–Kier alpha value is -2.60. The van der Waals surface area contributed by atoms with Crippen molar-refractivity contribution < 1.29 is 19.2 Å². The van der Waals surface area contributed by atoms with Gasteiger partial charge in [-0.25, -0.2) is 4.79 Å². The van der Waals surface area contributed by atoms with E-state index in [1.807, 2.05) is 58.9 Å². The summed E-state index contributed by atoms with van der Waals surface area (Å²) >= 11 is 6.67. The molecule has 33 heavy (non-hydrogen) atoms. The zero-order valence-corrected chi connectivity index (χ0v) is 21.1. The van der Waals surface area contributed by atoms with Gasteiger partial charge >= 0.3 is 5.97 Å². The van der Waals surface area contributed by atoms with E-state index in [1.165, 1.54) is 0 Å². The summed E-state index contributed by atoms with van der Waals surface area (Å²) in [7, 11) is 0. The van der Waals surface area contributed by atoms with Crippen molar-refractivity contribution in [2.24, 2.45) is 5.16 Å². The van der Waals surface area contributed by atoms with Crippen LogP contribution in [0.2, 0.25) is 5.02 Å². The third-order valence-electron chi connectivity index (χ3n) is 5.54. The second-order valence-electron chi connectivity index (χ2n) is 8.18. The zero-order valence-electron chi connectivity index (χ0n) is 20.3. The van der Waals surface area contributed by atoms with Crippen LogP contribution in [0, 0.1) is 13.8 Å². The number of fused-ring (bicyclic) bond motifs is 1. The van der Waals surface area contributed by atoms with Gasteiger partial charge in [0.15, 0.2) is 6.61 Å². The van der Waals surface area contributed by atoms with Gasteiger partial charge in [-0.3, -0.25) is 4.79 Å². The number of carbonyl (C=O) groups excluding carboxylic acids is 2. The van der Waals surface area contributed by atoms with E-state index in [1.54, 1.807) is 4.90 Å². The molecule has 0 unspecified atom stereocenters. The maximum absolute atomic E-state index is 13.1. The maximum Gasteiger partial charge on any atom is 0.339 e. The molecule has 0 radical (unpaired) electrons. The number of nitrogens with zero attached hydrogens (tertiary/aromatic N) is 2. The van der Waals surface area contributed by atoms with E-state index in [2.05, 4.69) is 11.2 Å². The lowest BCUT2D eigenvalue weighted by atomic mass is 9.94. The summed E-state index contributed by atoms with van der Waals surface area (Å²) in [4.78, 5) is 32.4. The first-order valence-corrected chi connectivity index (χ1v) is 11.9. The van der Waals surface area contributed by atoms with E-state index in [0.29, 0.717) is 41.4 Å². The number of benzene rings is 1. The van der Waals surface area contributed by atoms with Crippen LogP contribution in [0.15, 0.2) is 35.5 Å². The lowest BCUT2D eigenvalue weighted by molar-refractivity contribution is -0.135. The molecule has 0 N–H and O–H groups in total. The zero-order chi connectivity index (χ0) is 24.4. The van der Waals surface area contributed by atoms with Gasteiger partial charge in [-0.2, -0.15) is 0 Å². The van der Waals surface area contributed by atoms with Crippen LogP contribution in [-0.4, -0.2) is 48.3 Å². The third-order valence-corrected chi connectivity index (χ3v) is 6.07. The Morgan fingerprint density at radius 3 is 2.58 bits per heavy atom. The number of carbonyl (C=O) groups is 2. The molecule has 0 saturated heterocycles. The molecule has 1 heterocycles. The van der Waals surface area contributed by atoms with Crippen LogP contribution < -0.4 is 0 Å². The fourth-order valence-electron chi connectivity index (χ4n) is 3.74.